The average Bonchev–Trinajstić information content (AvgIpc) is 2.35. The normalized spacial score (nSPS) is 11.8. The lowest BCUT2D eigenvalue weighted by molar-refractivity contribution is -0.121. The Bertz CT molecular complexity index is 445. The Morgan fingerprint density at radius 3 is 2.58 bits per heavy atom. The van der Waals surface area contributed by atoms with E-state index in [4.69, 9.17) is 15.2 Å². The predicted molar refractivity (Wildman–Crippen MR) is 74.4 cm³/mol. The van der Waals surface area contributed by atoms with Crippen LogP contribution in [0, 0.1) is 6.92 Å². The Labute approximate surface area is 114 Å². The molecule has 1 unspecified atom stereocenters. The summed E-state index contributed by atoms with van der Waals surface area (Å²) in [5, 5.41) is 2.84. The zero-order chi connectivity index (χ0) is 14.4. The van der Waals surface area contributed by atoms with Gasteiger partial charge in [-0.2, -0.15) is 0 Å². The Hall–Kier alpha value is -1.75. The smallest absolute Gasteiger partial charge is 0.221 e. The van der Waals surface area contributed by atoms with Crippen LogP contribution in [0.5, 0.6) is 11.5 Å². The van der Waals surface area contributed by atoms with Crippen LogP contribution in [0.2, 0.25) is 0 Å². The summed E-state index contributed by atoms with van der Waals surface area (Å²) in [6.45, 7) is 4.18. The van der Waals surface area contributed by atoms with Gasteiger partial charge < -0.3 is 20.5 Å². The van der Waals surface area contributed by atoms with Crippen LogP contribution in [0.15, 0.2) is 12.1 Å². The number of rotatable bonds is 6. The number of hydrogen-bond donors (Lipinski definition) is 2. The van der Waals surface area contributed by atoms with Crippen molar-refractivity contribution in [3.8, 4) is 11.5 Å². The Balaban J connectivity index is 2.80. The second-order valence-electron chi connectivity index (χ2n) is 4.58. The second kappa shape index (κ2) is 6.99. The van der Waals surface area contributed by atoms with E-state index in [2.05, 4.69) is 5.32 Å². The van der Waals surface area contributed by atoms with Gasteiger partial charge in [-0.05, 0) is 25.5 Å². The fourth-order valence-electron chi connectivity index (χ4n) is 1.83. The largest absolute Gasteiger partial charge is 0.497 e. The monoisotopic (exact) mass is 266 g/mol. The number of aryl methyl sites for hydroxylation is 1. The van der Waals surface area contributed by atoms with Gasteiger partial charge in [0.15, 0.2) is 0 Å². The quantitative estimate of drug-likeness (QED) is 0.815. The number of benzene rings is 1. The van der Waals surface area contributed by atoms with Crippen molar-refractivity contribution in [2.24, 2.45) is 5.73 Å². The summed E-state index contributed by atoms with van der Waals surface area (Å²) >= 11 is 0. The number of methoxy groups -OCH3 is 2. The predicted octanol–water partition coefficient (Wildman–Crippen LogP) is 1.37. The first-order valence-electron chi connectivity index (χ1n) is 6.21. The van der Waals surface area contributed by atoms with Crippen LogP contribution in [0.25, 0.3) is 0 Å². The first-order valence-corrected chi connectivity index (χ1v) is 6.21. The lowest BCUT2D eigenvalue weighted by Crippen LogP contribution is -2.29. The van der Waals surface area contributed by atoms with Gasteiger partial charge in [0, 0.05) is 30.6 Å². The third kappa shape index (κ3) is 4.44. The number of hydrogen-bond acceptors (Lipinski definition) is 4. The molecule has 19 heavy (non-hydrogen) atoms. The minimum absolute atomic E-state index is 0.0627. The van der Waals surface area contributed by atoms with Crippen LogP contribution in [-0.4, -0.2) is 26.2 Å². The van der Waals surface area contributed by atoms with E-state index in [-0.39, 0.29) is 11.9 Å². The maximum atomic E-state index is 11.6. The van der Waals surface area contributed by atoms with E-state index >= 15 is 0 Å². The number of carbonyl (C=O) groups excluding carboxylic acids is 1. The van der Waals surface area contributed by atoms with E-state index in [1.54, 1.807) is 27.2 Å². The number of nitrogens with one attached hydrogen (secondary N) is 1. The van der Waals surface area contributed by atoms with Crippen molar-refractivity contribution >= 4 is 5.91 Å². The average molecular weight is 266 g/mol. The summed E-state index contributed by atoms with van der Waals surface area (Å²) < 4.78 is 10.5. The van der Waals surface area contributed by atoms with Gasteiger partial charge in [-0.1, -0.05) is 0 Å². The molecule has 0 aliphatic heterocycles. The highest BCUT2D eigenvalue weighted by atomic mass is 16.5. The molecular formula is C14H22N2O3. The maximum Gasteiger partial charge on any atom is 0.221 e. The molecule has 1 atom stereocenters. The van der Waals surface area contributed by atoms with Gasteiger partial charge in [0.2, 0.25) is 5.91 Å². The fraction of sp³-hybridized carbons (Fsp3) is 0.500. The molecule has 1 aromatic carbocycles. The van der Waals surface area contributed by atoms with Crippen molar-refractivity contribution in [2.45, 2.75) is 32.9 Å². The van der Waals surface area contributed by atoms with Gasteiger partial charge in [0.25, 0.3) is 0 Å². The lowest BCUT2D eigenvalue weighted by atomic mass is 10.1. The molecule has 5 nitrogen and oxygen atoms in total. The minimum atomic E-state index is -0.140. The molecule has 0 aliphatic rings. The third-order valence-electron chi connectivity index (χ3n) is 2.83. The zero-order valence-electron chi connectivity index (χ0n) is 11.9. The summed E-state index contributed by atoms with van der Waals surface area (Å²) in [5.74, 6) is 1.38. The van der Waals surface area contributed by atoms with E-state index in [1.165, 1.54) is 0 Å². The van der Waals surface area contributed by atoms with E-state index in [1.807, 2.05) is 13.0 Å². The second-order valence-corrected chi connectivity index (χ2v) is 4.58. The first kappa shape index (κ1) is 15.3. The van der Waals surface area contributed by atoms with Crippen LogP contribution in [0.4, 0.5) is 0 Å². The molecule has 0 aromatic heterocycles. The molecule has 106 valence electrons. The molecule has 1 aromatic rings. The molecule has 0 fully saturated rings. The van der Waals surface area contributed by atoms with Gasteiger partial charge in [-0.3, -0.25) is 4.79 Å². The van der Waals surface area contributed by atoms with E-state index in [0.717, 1.165) is 16.9 Å². The highest BCUT2D eigenvalue weighted by Crippen LogP contribution is 2.28. The number of ether oxygens (including phenoxy) is 2. The van der Waals surface area contributed by atoms with Crippen LogP contribution >= 0.6 is 0 Å². The van der Waals surface area contributed by atoms with Gasteiger partial charge in [-0.25, -0.2) is 0 Å². The number of amides is 1. The summed E-state index contributed by atoms with van der Waals surface area (Å²) in [4.78, 5) is 11.6. The van der Waals surface area contributed by atoms with Crippen LogP contribution in [0.3, 0.4) is 0 Å². The van der Waals surface area contributed by atoms with Gasteiger partial charge in [-0.15, -0.1) is 0 Å². The number of nitrogens with two attached hydrogens (primary N) is 1. The van der Waals surface area contributed by atoms with Crippen LogP contribution in [-0.2, 0) is 11.3 Å². The molecule has 5 heteroatoms. The molecule has 0 radical (unpaired) electrons. The molecule has 0 saturated heterocycles. The van der Waals surface area contributed by atoms with Crippen molar-refractivity contribution in [3.05, 3.63) is 23.3 Å². The van der Waals surface area contributed by atoms with Crippen molar-refractivity contribution in [1.82, 2.24) is 5.32 Å². The fourth-order valence-corrected chi connectivity index (χ4v) is 1.83. The Morgan fingerprint density at radius 1 is 1.37 bits per heavy atom. The first-order chi connectivity index (χ1) is 8.97. The highest BCUT2D eigenvalue weighted by molar-refractivity contribution is 5.76. The summed E-state index contributed by atoms with van der Waals surface area (Å²) in [5.41, 5.74) is 7.54. The van der Waals surface area contributed by atoms with Gasteiger partial charge >= 0.3 is 0 Å². The van der Waals surface area contributed by atoms with E-state index in [0.29, 0.717) is 18.7 Å². The van der Waals surface area contributed by atoms with Crippen molar-refractivity contribution in [1.29, 1.82) is 0 Å². The topological polar surface area (TPSA) is 73.6 Å². The highest BCUT2D eigenvalue weighted by Gasteiger charge is 2.11. The molecule has 3 N–H and O–H groups in total. The Kier molecular flexibility index (Phi) is 5.63. The standard InChI is InChI=1S/C14H22N2O3/c1-9-5-11(18-3)7-13(19-4)12(9)8-16-14(17)6-10(2)15/h5,7,10H,6,8,15H2,1-4H3,(H,16,17). The summed E-state index contributed by atoms with van der Waals surface area (Å²) in [6, 6.07) is 3.58. The minimum Gasteiger partial charge on any atom is -0.497 e. The number of carbonyl (C=O) groups is 1. The third-order valence-corrected chi connectivity index (χ3v) is 2.83. The molecule has 1 amide bonds. The molecule has 0 aliphatic carbocycles. The SMILES string of the molecule is COc1cc(C)c(CNC(=O)CC(C)N)c(OC)c1. The molecule has 0 heterocycles. The van der Waals surface area contributed by atoms with Crippen LogP contribution in [0.1, 0.15) is 24.5 Å². The van der Waals surface area contributed by atoms with E-state index < -0.39 is 0 Å². The lowest BCUT2D eigenvalue weighted by Gasteiger charge is -2.15. The zero-order valence-corrected chi connectivity index (χ0v) is 11.9. The van der Waals surface area contributed by atoms with Gasteiger partial charge in [0.05, 0.1) is 14.2 Å². The molecule has 0 spiro atoms. The van der Waals surface area contributed by atoms with Crippen molar-refractivity contribution in [3.63, 3.8) is 0 Å². The molecular weight excluding hydrogens is 244 g/mol. The molecule has 0 bridgehead atoms. The van der Waals surface area contributed by atoms with Crippen molar-refractivity contribution < 1.29 is 14.3 Å². The Morgan fingerprint density at radius 2 is 2.05 bits per heavy atom. The molecule has 0 saturated carbocycles. The van der Waals surface area contributed by atoms with Gasteiger partial charge in [0.1, 0.15) is 11.5 Å². The summed E-state index contributed by atoms with van der Waals surface area (Å²) in [6.07, 6.45) is 0.317. The van der Waals surface area contributed by atoms with Crippen molar-refractivity contribution in [2.75, 3.05) is 14.2 Å². The van der Waals surface area contributed by atoms with E-state index in [9.17, 15) is 4.79 Å². The molecule has 1 rings (SSSR count). The maximum absolute atomic E-state index is 11.6. The van der Waals surface area contributed by atoms with Crippen LogP contribution < -0.4 is 20.5 Å². The summed E-state index contributed by atoms with van der Waals surface area (Å²) in [7, 11) is 3.21.